The second-order valence-electron chi connectivity index (χ2n) is 33.5. The van der Waals surface area contributed by atoms with Crippen LogP contribution in [0.25, 0.3) is 21.8 Å². The molecule has 0 aliphatic carbocycles. The molecule has 9 rings (SSSR count). The average molecular weight is 1870 g/mol. The van der Waals surface area contributed by atoms with Crippen LogP contribution in [0.5, 0.6) is 5.75 Å². The Labute approximate surface area is 771 Å². The van der Waals surface area contributed by atoms with Crippen molar-refractivity contribution in [2.45, 2.75) is 221 Å². The molecule has 6 heterocycles. The number of carbonyl (C=O) groups is 17. The first-order chi connectivity index (χ1) is 63.5. The zero-order valence-corrected chi connectivity index (χ0v) is 76.0. The lowest BCUT2D eigenvalue weighted by atomic mass is 9.99. The van der Waals surface area contributed by atoms with E-state index in [0.29, 0.717) is 69.2 Å². The number of nitrogens with two attached hydrogens (primary N) is 4. The summed E-state index contributed by atoms with van der Waals surface area (Å²) in [6, 6.07) is -2.94. The van der Waals surface area contributed by atoms with E-state index in [9.17, 15) is 63.6 Å². The number of hydrazine groups is 1. The second kappa shape index (κ2) is 49.4. The number of para-hydroxylation sites is 2. The van der Waals surface area contributed by atoms with E-state index >= 15 is 38.4 Å². The number of carboxylic acid groups (broad SMARTS) is 1. The number of aliphatic carboxylic acids is 1. The standard InChI is InChI=1S/C88H123N23O21S/c1-7-9-20-67-80(124)99-59(29-31-89)77(121)105-66(76(120)96-42-72(91)115)45-133-46-73(116)98-64(34-49-23-25-53(113)26-24-49)83(127)106(4)48(3)75(119)100-61(30-32-90)84(128)109-33-15-22-68(109)81(125)103-63(37-52-41-93-47-97-52)79(123)101-60(27-28-74(117)118)85(129)110-43-54(114)38-70(110)82(126)102-62(35-50-39-94-57-18-13-11-16-55(50)57)78(122)104-65(44-112)86(130)111(92)71(36-51-40-95-58-19-14-12-17-56(51)58)88(132)108(6)69(21-10-8-2)87(131)107(67)5/h11-14,16-19,23-26,39-41,47-48,54,59-71,94-95,112-114H,7-10,15,20-22,27-38,42-46,89-90,92H2,1-6H3,(H2,91,115)(H,93,97)(H,96,120)(H,98,116)(H,99,124)(H,100,119)(H,101,123)(H,102,126)(H,103,125)(H,104,122)(H,105,121)(H,117,118)/t48-,54+,59-,60-,61-,62-,63-,64-,65-,66-,67-,68-,69-,70-,71-/m0/s1. The van der Waals surface area contributed by atoms with E-state index < -0.39 is 248 Å². The number of hydrogen-bond donors (Lipinski definition) is 20. The Balaban J connectivity index is 1.10. The Hall–Kier alpha value is -13.1. The van der Waals surface area contributed by atoms with Gasteiger partial charge in [0.2, 0.25) is 88.6 Å². The van der Waals surface area contributed by atoms with Crippen molar-refractivity contribution >= 4 is 134 Å². The van der Waals surface area contributed by atoms with Gasteiger partial charge in [-0.15, -0.1) is 11.8 Å². The first-order valence-electron chi connectivity index (χ1n) is 44.3. The van der Waals surface area contributed by atoms with Gasteiger partial charge in [-0.2, -0.15) is 0 Å². The highest BCUT2D eigenvalue weighted by atomic mass is 32.2. The molecule has 3 saturated heterocycles. The summed E-state index contributed by atoms with van der Waals surface area (Å²) in [5.41, 5.74) is 20.2. The van der Waals surface area contributed by atoms with Gasteiger partial charge in [-0.3, -0.25) is 86.5 Å². The Morgan fingerprint density at radius 1 is 0.549 bits per heavy atom. The number of nitrogens with one attached hydrogen (secondary N) is 12. The highest BCUT2D eigenvalue weighted by Gasteiger charge is 2.47. The maximum Gasteiger partial charge on any atom is 0.303 e. The number of imidazole rings is 1. The van der Waals surface area contributed by atoms with Crippen molar-refractivity contribution in [2.75, 3.05) is 72.0 Å². The molecule has 0 bridgehead atoms. The van der Waals surface area contributed by atoms with Crippen LogP contribution in [-0.2, 0) is 107 Å². The average Bonchev–Trinajstić information content (AvgIpc) is 1.52. The third kappa shape index (κ3) is 27.8. The number of amides is 16. The minimum atomic E-state index is -2.03. The van der Waals surface area contributed by atoms with E-state index in [4.69, 9.17) is 23.0 Å². The number of unbranched alkanes of at least 4 members (excludes halogenated alkanes) is 2. The number of aromatic nitrogens is 4. The lowest BCUT2D eigenvalue weighted by molar-refractivity contribution is -0.154. The Kier molecular flexibility index (Phi) is 38.5. The minimum absolute atomic E-state index is 0.00514. The van der Waals surface area contributed by atoms with Crippen molar-refractivity contribution in [3.8, 4) is 5.75 Å². The van der Waals surface area contributed by atoms with Crippen LogP contribution in [0.3, 0.4) is 0 Å². The van der Waals surface area contributed by atoms with Crippen LogP contribution in [0.4, 0.5) is 0 Å². The van der Waals surface area contributed by atoms with E-state index in [1.54, 1.807) is 60.9 Å². The number of aromatic hydroxyl groups is 1. The molecule has 0 spiro atoms. The normalized spacial score (nSPS) is 25.1. The largest absolute Gasteiger partial charge is 0.508 e. The fraction of sp³-hybridized carbons (Fsp3) is 0.523. The summed E-state index contributed by atoms with van der Waals surface area (Å²) in [5, 5.41) is 68.0. The number of likely N-dealkylation sites (N-methyl/N-ethyl adjacent to an activating group) is 3. The molecule has 3 aliphatic heterocycles. The summed E-state index contributed by atoms with van der Waals surface area (Å²) in [7, 11) is 3.88. The molecule has 3 aromatic carbocycles. The van der Waals surface area contributed by atoms with Gasteiger partial charge in [0, 0.05) is 119 Å². The fourth-order valence-corrected chi connectivity index (χ4v) is 17.3. The summed E-state index contributed by atoms with van der Waals surface area (Å²) in [6.45, 7) is 1.97. The van der Waals surface area contributed by atoms with Gasteiger partial charge in [-0.1, -0.05) is 88.1 Å². The molecule has 6 aromatic rings. The fourth-order valence-electron chi connectivity index (χ4n) is 16.4. The summed E-state index contributed by atoms with van der Waals surface area (Å²) < 4.78 is 0. The molecule has 0 radical (unpaired) electrons. The van der Waals surface area contributed by atoms with E-state index in [0.717, 1.165) is 31.4 Å². The third-order valence-electron chi connectivity index (χ3n) is 24.0. The van der Waals surface area contributed by atoms with Gasteiger partial charge in [0.1, 0.15) is 90.3 Å². The number of hydrogen-bond acceptors (Lipinski definition) is 25. The summed E-state index contributed by atoms with van der Waals surface area (Å²) in [6.07, 6.45) is 2.28. The molecular weight excluding hydrogens is 1750 g/mol. The van der Waals surface area contributed by atoms with Crippen molar-refractivity contribution in [1.29, 1.82) is 0 Å². The van der Waals surface area contributed by atoms with E-state index in [1.807, 2.05) is 13.8 Å². The number of aliphatic hydroxyl groups is 2. The number of phenols is 1. The molecule has 3 fully saturated rings. The molecule has 3 aromatic heterocycles. The number of carboxylic acids is 1. The number of benzene rings is 3. The number of rotatable bonds is 25. The molecule has 24 N–H and O–H groups in total. The van der Waals surface area contributed by atoms with Crippen LogP contribution in [0.15, 0.2) is 97.7 Å². The molecule has 44 nitrogen and oxygen atoms in total. The molecule has 15 atom stereocenters. The van der Waals surface area contributed by atoms with Gasteiger partial charge < -0.3 is 125 Å². The Morgan fingerprint density at radius 2 is 1.09 bits per heavy atom. The van der Waals surface area contributed by atoms with Crippen molar-refractivity contribution in [1.82, 2.24) is 97.3 Å². The summed E-state index contributed by atoms with van der Waals surface area (Å²) >= 11 is 0.778. The van der Waals surface area contributed by atoms with Gasteiger partial charge in [-0.05, 0) is 106 Å². The third-order valence-corrected chi connectivity index (χ3v) is 25.0. The van der Waals surface area contributed by atoms with Gasteiger partial charge in [0.05, 0.1) is 37.0 Å². The van der Waals surface area contributed by atoms with Crippen LogP contribution in [0, 0.1) is 0 Å². The van der Waals surface area contributed by atoms with E-state index in [1.165, 1.54) is 69.8 Å². The van der Waals surface area contributed by atoms with Crippen LogP contribution in [0.2, 0.25) is 0 Å². The summed E-state index contributed by atoms with van der Waals surface area (Å²) in [4.78, 5) is 268. The van der Waals surface area contributed by atoms with Gasteiger partial charge >= 0.3 is 5.97 Å². The summed E-state index contributed by atoms with van der Waals surface area (Å²) in [5.74, 6) is -11.1. The van der Waals surface area contributed by atoms with E-state index in [2.05, 4.69) is 67.8 Å². The maximum absolute atomic E-state index is 15.8. The lowest BCUT2D eigenvalue weighted by Crippen LogP contribution is -2.64. The van der Waals surface area contributed by atoms with Crippen molar-refractivity contribution in [3.63, 3.8) is 0 Å². The van der Waals surface area contributed by atoms with Crippen molar-refractivity contribution in [3.05, 3.63) is 120 Å². The topological polar surface area (TPSA) is 663 Å². The number of H-pyrrole nitrogens is 3. The quantitative estimate of drug-likeness (QED) is 0.0192. The van der Waals surface area contributed by atoms with Gasteiger partial charge in [-0.25, -0.2) is 10.8 Å². The predicted octanol–water partition coefficient (Wildman–Crippen LogP) is -3.97. The first-order valence-corrected chi connectivity index (χ1v) is 45.5. The number of phenolic OH excluding ortho intramolecular Hbond substituents is 1. The molecule has 0 saturated carbocycles. The molecule has 0 unspecified atom stereocenters. The van der Waals surface area contributed by atoms with Crippen LogP contribution in [-0.4, -0.2) is 333 Å². The number of nitrogens with zero attached hydrogens (tertiary/aromatic N) is 7. The molecule has 3 aliphatic rings. The molecular formula is C88H123N23O21S. The maximum atomic E-state index is 15.8. The van der Waals surface area contributed by atoms with Crippen LogP contribution < -0.4 is 70.9 Å². The Bertz CT molecular complexity index is 5110. The number of fused-ring (bicyclic) bond motifs is 4. The van der Waals surface area contributed by atoms with Crippen LogP contribution >= 0.6 is 11.8 Å². The monoisotopic (exact) mass is 1870 g/mol. The smallest absolute Gasteiger partial charge is 0.303 e. The molecule has 16 amide bonds. The Morgan fingerprint density at radius 3 is 1.69 bits per heavy atom. The lowest BCUT2D eigenvalue weighted by Gasteiger charge is -2.38. The zero-order valence-electron chi connectivity index (χ0n) is 75.2. The zero-order chi connectivity index (χ0) is 97.0. The molecule has 45 heteroatoms. The predicted molar refractivity (Wildman–Crippen MR) is 484 cm³/mol. The number of thioether (sulfide) groups is 1. The highest BCUT2D eigenvalue weighted by Crippen LogP contribution is 2.28. The number of aliphatic hydroxyl groups excluding tert-OH is 2. The van der Waals surface area contributed by atoms with Crippen molar-refractivity contribution < 1.29 is 102 Å². The minimum Gasteiger partial charge on any atom is -0.508 e. The highest BCUT2D eigenvalue weighted by molar-refractivity contribution is 8.00. The number of carbonyl (C=O) groups excluding carboxylic acids is 16. The van der Waals surface area contributed by atoms with Gasteiger partial charge in [0.15, 0.2) is 0 Å². The first kappa shape index (κ1) is 104. The van der Waals surface area contributed by atoms with Crippen molar-refractivity contribution in [2.24, 2.45) is 23.0 Å². The van der Waals surface area contributed by atoms with Gasteiger partial charge in [0.25, 0.3) is 5.91 Å². The molecule has 722 valence electrons. The number of primary amides is 1. The van der Waals surface area contributed by atoms with E-state index in [-0.39, 0.29) is 88.9 Å². The molecule has 133 heavy (non-hydrogen) atoms. The number of aromatic amines is 3. The second-order valence-corrected chi connectivity index (χ2v) is 34.5. The van der Waals surface area contributed by atoms with Crippen LogP contribution in [0.1, 0.15) is 127 Å². The SMILES string of the molecule is CCCC[C@H]1C(=O)N[C@@H](CCN)C(=O)N[C@H](C(=O)NCC(N)=O)CSCC(=O)N[C@@H](Cc2ccc(O)cc2)C(=O)N(C)[C@@H](C)C(=O)N[C@@H](CCN)C(=O)N2CCC[C@H]2C(=O)N[C@@H](Cc2c[nH]cn2)C(=O)N[C@@H](CCC(=O)O)C(=O)N2C[C@H](O)C[C@H]2C(=O)N[C@@H](Cc2c[nH]c3ccccc23)C(=O)N[C@@H](CO)C(=O)N(N)[C@@H](Cc2c[nH]c3ccccc23)C(=O)N(C)[C@@H](CCCC)C(=O)N1C.